The largest absolute Gasteiger partial charge is 0.497 e. The zero-order valence-electron chi connectivity index (χ0n) is 18.3. The summed E-state index contributed by atoms with van der Waals surface area (Å²) in [5.74, 6) is 0.343. The average molecular weight is 413 g/mol. The highest BCUT2D eigenvalue weighted by Gasteiger charge is 2.67. The van der Waals surface area contributed by atoms with E-state index in [0.717, 1.165) is 30.7 Å². The van der Waals surface area contributed by atoms with Crippen LogP contribution in [0.1, 0.15) is 40.0 Å². The van der Waals surface area contributed by atoms with Gasteiger partial charge in [0.05, 0.1) is 31.6 Å². The molecule has 0 aromatic heterocycles. The summed E-state index contributed by atoms with van der Waals surface area (Å²) < 4.78 is 11.4. The quantitative estimate of drug-likeness (QED) is 0.665. The first-order chi connectivity index (χ1) is 14.3. The van der Waals surface area contributed by atoms with Crippen LogP contribution in [0.2, 0.25) is 0 Å². The van der Waals surface area contributed by atoms with Crippen molar-refractivity contribution in [3.8, 4) is 5.75 Å². The molecule has 6 heteroatoms. The van der Waals surface area contributed by atoms with Gasteiger partial charge in [0.15, 0.2) is 0 Å². The van der Waals surface area contributed by atoms with E-state index in [1.807, 2.05) is 43.3 Å². The number of nitrogens with zero attached hydrogens (tertiary/aromatic N) is 1. The summed E-state index contributed by atoms with van der Waals surface area (Å²) in [6, 6.07) is 7.51. The zero-order valence-corrected chi connectivity index (χ0v) is 18.3. The predicted molar refractivity (Wildman–Crippen MR) is 115 cm³/mol. The maximum absolute atomic E-state index is 13.4. The summed E-state index contributed by atoms with van der Waals surface area (Å²) in [6.45, 7) is 6.89. The predicted octanol–water partition coefficient (Wildman–Crippen LogP) is 3.31. The fourth-order valence-corrected chi connectivity index (χ4v) is 5.02. The maximum atomic E-state index is 13.4. The third-order valence-corrected chi connectivity index (χ3v) is 6.59. The van der Waals surface area contributed by atoms with Gasteiger partial charge in [0.25, 0.3) is 0 Å². The van der Waals surface area contributed by atoms with Crippen LogP contribution in [-0.4, -0.2) is 43.2 Å². The van der Waals surface area contributed by atoms with E-state index in [2.05, 4.69) is 19.2 Å². The molecule has 6 nitrogen and oxygen atoms in total. The fourth-order valence-electron chi connectivity index (χ4n) is 5.02. The van der Waals surface area contributed by atoms with Gasteiger partial charge < -0.3 is 19.7 Å². The summed E-state index contributed by atoms with van der Waals surface area (Å²) in [7, 11) is 1.61. The van der Waals surface area contributed by atoms with Crippen LogP contribution >= 0.6 is 0 Å². The normalized spacial score (nSPS) is 30.1. The number of nitrogens with one attached hydrogen (secondary N) is 1. The van der Waals surface area contributed by atoms with Crippen molar-refractivity contribution < 1.29 is 19.1 Å². The van der Waals surface area contributed by atoms with Crippen molar-refractivity contribution in [3.63, 3.8) is 0 Å². The number of benzene rings is 1. The summed E-state index contributed by atoms with van der Waals surface area (Å²) in [5, 5.41) is 3.14. The lowest BCUT2D eigenvalue weighted by Gasteiger charge is -2.25. The van der Waals surface area contributed by atoms with E-state index in [1.54, 1.807) is 12.0 Å². The summed E-state index contributed by atoms with van der Waals surface area (Å²) in [4.78, 5) is 28.3. The van der Waals surface area contributed by atoms with E-state index in [0.29, 0.717) is 12.5 Å². The molecule has 4 rings (SSSR count). The molecule has 2 bridgehead atoms. The van der Waals surface area contributed by atoms with Gasteiger partial charge in [-0.05, 0) is 43.5 Å². The van der Waals surface area contributed by atoms with E-state index in [9.17, 15) is 9.59 Å². The molecule has 1 spiro atoms. The molecule has 3 aliphatic heterocycles. The van der Waals surface area contributed by atoms with Crippen LogP contribution in [-0.2, 0) is 14.3 Å². The van der Waals surface area contributed by atoms with E-state index in [-0.39, 0.29) is 24.0 Å². The molecule has 2 saturated heterocycles. The van der Waals surface area contributed by atoms with Gasteiger partial charge in [-0.1, -0.05) is 38.8 Å². The third-order valence-electron chi connectivity index (χ3n) is 6.59. The van der Waals surface area contributed by atoms with Gasteiger partial charge in [-0.3, -0.25) is 9.59 Å². The molecule has 2 amide bonds. The topological polar surface area (TPSA) is 67.9 Å². The second-order valence-electron chi connectivity index (χ2n) is 9.26. The van der Waals surface area contributed by atoms with Crippen molar-refractivity contribution in [2.75, 3.05) is 18.6 Å². The number of fused-ring (bicyclic) bond motifs is 1. The highest BCUT2D eigenvalue weighted by Crippen LogP contribution is 2.52. The molecule has 1 N–H and O–H groups in total. The Morgan fingerprint density at radius 3 is 2.67 bits per heavy atom. The zero-order chi connectivity index (χ0) is 21.5. The molecule has 3 heterocycles. The minimum Gasteiger partial charge on any atom is -0.497 e. The number of carbonyl (C=O) groups is 2. The number of carbonyl (C=O) groups excluding carboxylic acids is 2. The lowest BCUT2D eigenvalue weighted by Crippen LogP contribution is -2.46. The molecule has 1 aromatic carbocycles. The minimum absolute atomic E-state index is 0.0420. The first kappa shape index (κ1) is 20.9. The van der Waals surface area contributed by atoms with Crippen molar-refractivity contribution in [2.45, 2.75) is 57.8 Å². The van der Waals surface area contributed by atoms with E-state index in [1.165, 1.54) is 0 Å². The third kappa shape index (κ3) is 3.62. The molecule has 162 valence electrons. The highest BCUT2D eigenvalue weighted by atomic mass is 16.5. The van der Waals surface area contributed by atoms with Gasteiger partial charge in [0.2, 0.25) is 11.8 Å². The van der Waals surface area contributed by atoms with Crippen LogP contribution in [0.4, 0.5) is 5.69 Å². The number of methoxy groups -OCH3 is 1. The molecule has 0 aliphatic carbocycles. The first-order valence-electron chi connectivity index (χ1n) is 11.0. The summed E-state index contributed by atoms with van der Waals surface area (Å²) in [5.41, 5.74) is 0.0936. The van der Waals surface area contributed by atoms with E-state index < -0.39 is 17.4 Å². The second kappa shape index (κ2) is 8.06. The maximum Gasteiger partial charge on any atom is 0.234 e. The average Bonchev–Trinajstić information content (AvgIpc) is 3.36. The Kier molecular flexibility index (Phi) is 5.62. The van der Waals surface area contributed by atoms with E-state index in [4.69, 9.17) is 9.47 Å². The number of hydrogen-bond acceptors (Lipinski definition) is 4. The van der Waals surface area contributed by atoms with Crippen molar-refractivity contribution >= 4 is 17.5 Å². The summed E-state index contributed by atoms with van der Waals surface area (Å²) >= 11 is 0. The van der Waals surface area contributed by atoms with Crippen LogP contribution < -0.4 is 15.0 Å². The lowest BCUT2D eigenvalue weighted by molar-refractivity contribution is -0.132. The molecular formula is C24H32N2O4. The van der Waals surface area contributed by atoms with Crippen molar-refractivity contribution in [2.24, 2.45) is 17.8 Å². The van der Waals surface area contributed by atoms with Crippen molar-refractivity contribution in [1.29, 1.82) is 0 Å². The van der Waals surface area contributed by atoms with Gasteiger partial charge in [0, 0.05) is 11.7 Å². The van der Waals surface area contributed by atoms with Crippen molar-refractivity contribution in [1.82, 2.24) is 5.32 Å². The Balaban J connectivity index is 1.47. The summed E-state index contributed by atoms with van der Waals surface area (Å²) in [6.07, 6.45) is 6.80. The van der Waals surface area contributed by atoms with Crippen LogP contribution in [0, 0.1) is 17.8 Å². The van der Waals surface area contributed by atoms with Gasteiger partial charge in [-0.2, -0.15) is 0 Å². The Morgan fingerprint density at radius 1 is 1.27 bits per heavy atom. The molecule has 2 fully saturated rings. The number of ether oxygens (including phenoxy) is 2. The molecule has 0 unspecified atom stereocenters. The van der Waals surface area contributed by atoms with Crippen LogP contribution in [0.25, 0.3) is 0 Å². The van der Waals surface area contributed by atoms with Gasteiger partial charge in [-0.25, -0.2) is 0 Å². The Morgan fingerprint density at radius 2 is 2.00 bits per heavy atom. The Hall–Kier alpha value is -2.34. The van der Waals surface area contributed by atoms with Crippen molar-refractivity contribution in [3.05, 3.63) is 36.4 Å². The SMILES string of the molecule is COc1ccc(N2C[C@]34C=C[C@H](O3)[C@H](C(=O)N[C@@H](C)CCCC(C)C)[C@H]4C2=O)cc1. The monoisotopic (exact) mass is 412 g/mol. The van der Waals surface area contributed by atoms with Gasteiger partial charge in [-0.15, -0.1) is 0 Å². The Bertz CT molecular complexity index is 834. The molecule has 3 aliphatic rings. The smallest absolute Gasteiger partial charge is 0.234 e. The molecular weight excluding hydrogens is 380 g/mol. The standard InChI is InChI=1S/C24H32N2O4/c1-15(2)6-5-7-16(3)25-22(27)20-19-12-13-24(30-19)14-26(23(28)21(20)24)17-8-10-18(29-4)11-9-17/h8-13,15-16,19-21H,5-7,14H2,1-4H3,(H,25,27)/t16-,19-,20-,21-,24-/m0/s1. The van der Waals surface area contributed by atoms with Gasteiger partial charge in [0.1, 0.15) is 11.4 Å². The molecule has 0 radical (unpaired) electrons. The number of anilines is 1. The molecule has 5 atom stereocenters. The lowest BCUT2D eigenvalue weighted by atomic mass is 9.76. The molecule has 1 aromatic rings. The number of hydrogen-bond donors (Lipinski definition) is 1. The van der Waals surface area contributed by atoms with Crippen LogP contribution in [0.5, 0.6) is 5.75 Å². The fraction of sp³-hybridized carbons (Fsp3) is 0.583. The first-order valence-corrected chi connectivity index (χ1v) is 11.0. The number of amides is 2. The van der Waals surface area contributed by atoms with E-state index >= 15 is 0 Å². The molecule has 0 saturated carbocycles. The molecule has 30 heavy (non-hydrogen) atoms. The van der Waals surface area contributed by atoms with Crippen LogP contribution in [0.3, 0.4) is 0 Å². The van der Waals surface area contributed by atoms with Crippen LogP contribution in [0.15, 0.2) is 36.4 Å². The highest BCUT2D eigenvalue weighted by molar-refractivity contribution is 6.03. The minimum atomic E-state index is -0.704. The Labute approximate surface area is 178 Å². The second-order valence-corrected chi connectivity index (χ2v) is 9.26. The van der Waals surface area contributed by atoms with Gasteiger partial charge >= 0.3 is 0 Å². The number of rotatable bonds is 8.